The zero-order valence-electron chi connectivity index (χ0n) is 12.3. The summed E-state index contributed by atoms with van der Waals surface area (Å²) in [6, 6.07) is 5.05. The Hall–Kier alpha value is -1.05. The monoisotopic (exact) mass is 312 g/mol. The molecular weight excluding hydrogens is 291 g/mol. The van der Waals surface area contributed by atoms with Gasteiger partial charge >= 0.3 is 7.12 Å². The SMILES string of the molecule is Cc1cc(OC2CCCC(S(C)(=O)=O)C2)ccc1B(O)O. The van der Waals surface area contributed by atoms with Crippen LogP contribution in [0.2, 0.25) is 0 Å². The summed E-state index contributed by atoms with van der Waals surface area (Å²) >= 11 is 0. The van der Waals surface area contributed by atoms with Gasteiger partial charge in [-0.3, -0.25) is 0 Å². The number of rotatable bonds is 4. The fourth-order valence-corrected chi connectivity index (χ4v) is 3.96. The maximum atomic E-state index is 11.6. The van der Waals surface area contributed by atoms with E-state index in [-0.39, 0.29) is 11.4 Å². The first-order chi connectivity index (χ1) is 9.77. The molecule has 0 radical (unpaired) electrons. The van der Waals surface area contributed by atoms with Crippen LogP contribution in [0.25, 0.3) is 0 Å². The summed E-state index contributed by atoms with van der Waals surface area (Å²) < 4.78 is 29.2. The van der Waals surface area contributed by atoms with Crippen LogP contribution in [-0.2, 0) is 9.84 Å². The van der Waals surface area contributed by atoms with Gasteiger partial charge in [0.05, 0.1) is 11.4 Å². The van der Waals surface area contributed by atoms with Crippen molar-refractivity contribution in [3.05, 3.63) is 23.8 Å². The van der Waals surface area contributed by atoms with Gasteiger partial charge in [-0.25, -0.2) is 8.42 Å². The number of benzene rings is 1. The van der Waals surface area contributed by atoms with Crippen LogP contribution in [-0.4, -0.2) is 43.2 Å². The van der Waals surface area contributed by atoms with Gasteiger partial charge in [-0.2, -0.15) is 0 Å². The lowest BCUT2D eigenvalue weighted by atomic mass is 9.77. The Morgan fingerprint density at radius 2 is 2.00 bits per heavy atom. The van der Waals surface area contributed by atoms with E-state index < -0.39 is 17.0 Å². The molecule has 2 rings (SSSR count). The Kier molecular flexibility index (Phi) is 4.96. The molecule has 0 saturated heterocycles. The van der Waals surface area contributed by atoms with Crippen molar-refractivity contribution in [3.8, 4) is 5.75 Å². The van der Waals surface area contributed by atoms with Crippen LogP contribution in [0.1, 0.15) is 31.2 Å². The topological polar surface area (TPSA) is 83.8 Å². The van der Waals surface area contributed by atoms with Crippen LogP contribution in [0, 0.1) is 6.92 Å². The second-order valence-corrected chi connectivity index (χ2v) is 8.08. The summed E-state index contributed by atoms with van der Waals surface area (Å²) in [5.74, 6) is 0.635. The summed E-state index contributed by atoms with van der Waals surface area (Å²) in [7, 11) is -4.52. The van der Waals surface area contributed by atoms with Crippen LogP contribution in [0.15, 0.2) is 18.2 Å². The average molecular weight is 312 g/mol. The van der Waals surface area contributed by atoms with Crippen molar-refractivity contribution < 1.29 is 23.2 Å². The van der Waals surface area contributed by atoms with E-state index in [4.69, 9.17) is 4.74 Å². The van der Waals surface area contributed by atoms with Crippen molar-refractivity contribution in [1.29, 1.82) is 0 Å². The molecule has 1 aromatic carbocycles. The minimum atomic E-state index is -3.02. The Labute approximate surface area is 126 Å². The van der Waals surface area contributed by atoms with Crippen molar-refractivity contribution in [1.82, 2.24) is 0 Å². The smallest absolute Gasteiger partial charge is 0.488 e. The predicted octanol–water partition coefficient (Wildman–Crippen LogP) is 0.409. The van der Waals surface area contributed by atoms with E-state index >= 15 is 0 Å². The van der Waals surface area contributed by atoms with E-state index in [1.54, 1.807) is 25.1 Å². The number of hydrogen-bond acceptors (Lipinski definition) is 5. The zero-order valence-corrected chi connectivity index (χ0v) is 13.1. The third-order valence-electron chi connectivity index (χ3n) is 4.01. The van der Waals surface area contributed by atoms with E-state index in [0.29, 0.717) is 24.1 Å². The molecule has 1 aliphatic carbocycles. The average Bonchev–Trinajstić information content (AvgIpc) is 2.37. The molecule has 1 aliphatic rings. The quantitative estimate of drug-likeness (QED) is 0.787. The lowest BCUT2D eigenvalue weighted by Gasteiger charge is -2.28. The molecule has 5 nitrogen and oxygen atoms in total. The fourth-order valence-electron chi connectivity index (χ4n) is 2.80. The lowest BCUT2D eigenvalue weighted by molar-refractivity contribution is 0.156. The summed E-state index contributed by atoms with van der Waals surface area (Å²) in [6.45, 7) is 1.78. The molecule has 2 atom stereocenters. The van der Waals surface area contributed by atoms with Crippen LogP contribution < -0.4 is 10.2 Å². The summed E-state index contributed by atoms with van der Waals surface area (Å²) in [5.41, 5.74) is 1.18. The molecule has 0 heterocycles. The van der Waals surface area contributed by atoms with Crippen molar-refractivity contribution in [2.75, 3.05) is 6.26 Å². The van der Waals surface area contributed by atoms with E-state index in [1.807, 2.05) is 0 Å². The largest absolute Gasteiger partial charge is 0.490 e. The summed E-state index contributed by atoms with van der Waals surface area (Å²) in [5, 5.41) is 18.1. The van der Waals surface area contributed by atoms with Crippen LogP contribution in [0.5, 0.6) is 5.75 Å². The van der Waals surface area contributed by atoms with Gasteiger partial charge in [-0.1, -0.05) is 6.07 Å². The Balaban J connectivity index is 2.06. The number of ether oxygens (including phenoxy) is 1. The highest BCUT2D eigenvalue weighted by atomic mass is 32.2. The first kappa shape index (κ1) is 16.3. The second kappa shape index (κ2) is 6.38. The van der Waals surface area contributed by atoms with Crippen molar-refractivity contribution in [3.63, 3.8) is 0 Å². The van der Waals surface area contributed by atoms with Crippen LogP contribution in [0.3, 0.4) is 0 Å². The highest BCUT2D eigenvalue weighted by Gasteiger charge is 2.30. The minimum absolute atomic E-state index is 0.109. The van der Waals surface area contributed by atoms with E-state index in [9.17, 15) is 18.5 Å². The number of hydrogen-bond donors (Lipinski definition) is 2. The van der Waals surface area contributed by atoms with Crippen molar-refractivity contribution in [2.24, 2.45) is 0 Å². The van der Waals surface area contributed by atoms with Gasteiger partial charge in [0.25, 0.3) is 0 Å². The van der Waals surface area contributed by atoms with Crippen LogP contribution in [0.4, 0.5) is 0 Å². The third-order valence-corrected chi connectivity index (χ3v) is 5.64. The summed E-state index contributed by atoms with van der Waals surface area (Å²) in [4.78, 5) is 0. The molecule has 0 spiro atoms. The van der Waals surface area contributed by atoms with Crippen molar-refractivity contribution >= 4 is 22.4 Å². The van der Waals surface area contributed by atoms with Gasteiger partial charge in [0.1, 0.15) is 15.6 Å². The maximum absolute atomic E-state index is 11.6. The zero-order chi connectivity index (χ0) is 15.6. The first-order valence-electron chi connectivity index (χ1n) is 7.09. The molecule has 7 heteroatoms. The van der Waals surface area contributed by atoms with Gasteiger partial charge in [-0.15, -0.1) is 0 Å². The first-order valence-corrected chi connectivity index (χ1v) is 9.05. The molecular formula is C14H21BO5S. The molecule has 0 aliphatic heterocycles. The Morgan fingerprint density at radius 1 is 1.29 bits per heavy atom. The molecule has 116 valence electrons. The Morgan fingerprint density at radius 3 is 2.57 bits per heavy atom. The lowest BCUT2D eigenvalue weighted by Crippen LogP contribution is -2.34. The van der Waals surface area contributed by atoms with Crippen LogP contribution >= 0.6 is 0 Å². The normalized spacial score (nSPS) is 22.9. The molecule has 0 aromatic heterocycles. The highest BCUT2D eigenvalue weighted by molar-refractivity contribution is 7.91. The predicted molar refractivity (Wildman–Crippen MR) is 82.5 cm³/mol. The van der Waals surface area contributed by atoms with Gasteiger partial charge in [0.2, 0.25) is 0 Å². The molecule has 2 unspecified atom stereocenters. The van der Waals surface area contributed by atoms with Gasteiger partial charge in [0.15, 0.2) is 0 Å². The summed E-state index contributed by atoms with van der Waals surface area (Å²) in [6.07, 6.45) is 4.07. The van der Waals surface area contributed by atoms with Gasteiger partial charge < -0.3 is 14.8 Å². The Bertz CT molecular complexity index is 599. The molecule has 1 aromatic rings. The third kappa shape index (κ3) is 4.21. The minimum Gasteiger partial charge on any atom is -0.490 e. The highest BCUT2D eigenvalue weighted by Crippen LogP contribution is 2.27. The molecule has 0 amide bonds. The van der Waals surface area contributed by atoms with Gasteiger partial charge in [-0.05, 0) is 49.3 Å². The van der Waals surface area contributed by atoms with E-state index in [0.717, 1.165) is 18.4 Å². The fraction of sp³-hybridized carbons (Fsp3) is 0.571. The number of aryl methyl sites for hydroxylation is 1. The molecule has 0 bridgehead atoms. The van der Waals surface area contributed by atoms with Crippen molar-refractivity contribution in [2.45, 2.75) is 44.0 Å². The maximum Gasteiger partial charge on any atom is 0.488 e. The number of sulfone groups is 1. The second-order valence-electron chi connectivity index (χ2n) is 5.75. The van der Waals surface area contributed by atoms with E-state index in [1.165, 1.54) is 6.26 Å². The molecule has 2 N–H and O–H groups in total. The van der Waals surface area contributed by atoms with Gasteiger partial charge in [0, 0.05) is 12.7 Å². The standard InChI is InChI=1S/C14H21BO5S/c1-10-8-12(6-7-14(10)15(16)17)20-11-4-3-5-13(9-11)21(2,18)19/h6-8,11,13,16-17H,3-5,9H2,1-2H3. The van der Waals surface area contributed by atoms with E-state index in [2.05, 4.69) is 0 Å². The molecule has 21 heavy (non-hydrogen) atoms. The molecule has 1 saturated carbocycles. The molecule has 1 fully saturated rings.